The SMILES string of the molecule is C=C1CN2C(CCF)CCC2(CO)C1. The molecule has 0 bridgehead atoms. The van der Waals surface area contributed by atoms with E-state index in [0.717, 1.165) is 25.8 Å². The summed E-state index contributed by atoms with van der Waals surface area (Å²) in [7, 11) is 0. The fourth-order valence-electron chi connectivity index (χ4n) is 3.02. The van der Waals surface area contributed by atoms with Crippen molar-refractivity contribution < 1.29 is 9.50 Å². The lowest BCUT2D eigenvalue weighted by Crippen LogP contribution is -2.45. The molecule has 2 nitrogen and oxygen atoms in total. The van der Waals surface area contributed by atoms with Crippen molar-refractivity contribution in [3.05, 3.63) is 12.2 Å². The first kappa shape index (κ1) is 10.1. The quantitative estimate of drug-likeness (QED) is 0.696. The van der Waals surface area contributed by atoms with Crippen molar-refractivity contribution in [2.75, 3.05) is 19.8 Å². The van der Waals surface area contributed by atoms with E-state index in [0.29, 0.717) is 12.5 Å². The topological polar surface area (TPSA) is 23.5 Å². The van der Waals surface area contributed by atoms with Crippen LogP contribution in [-0.2, 0) is 0 Å². The standard InChI is InChI=1S/C11H18FNO/c1-9-6-11(8-14)4-2-10(3-5-12)13(11)7-9/h10,14H,1-8H2. The number of hydrogen-bond donors (Lipinski definition) is 1. The third-order valence-corrected chi connectivity index (χ3v) is 3.70. The largest absolute Gasteiger partial charge is 0.394 e. The Bertz CT molecular complexity index is 243. The molecule has 0 aliphatic carbocycles. The second kappa shape index (κ2) is 3.63. The first-order valence-electron chi connectivity index (χ1n) is 5.32. The van der Waals surface area contributed by atoms with Crippen molar-refractivity contribution in [1.82, 2.24) is 4.90 Å². The average molecular weight is 199 g/mol. The van der Waals surface area contributed by atoms with Crippen molar-refractivity contribution in [2.45, 2.75) is 37.3 Å². The lowest BCUT2D eigenvalue weighted by atomic mass is 9.94. The zero-order valence-electron chi connectivity index (χ0n) is 8.51. The number of halogens is 1. The molecule has 0 amide bonds. The van der Waals surface area contributed by atoms with Gasteiger partial charge < -0.3 is 5.11 Å². The molecule has 2 aliphatic rings. The Morgan fingerprint density at radius 3 is 3.07 bits per heavy atom. The molecule has 2 aliphatic heterocycles. The molecule has 2 atom stereocenters. The predicted molar refractivity (Wildman–Crippen MR) is 53.9 cm³/mol. The first-order chi connectivity index (χ1) is 6.72. The van der Waals surface area contributed by atoms with Gasteiger partial charge in [-0.05, 0) is 25.7 Å². The maximum atomic E-state index is 12.3. The first-order valence-corrected chi connectivity index (χ1v) is 5.32. The summed E-state index contributed by atoms with van der Waals surface area (Å²) in [5.41, 5.74) is 1.10. The molecule has 80 valence electrons. The number of aliphatic hydroxyl groups is 1. The molecule has 1 N–H and O–H groups in total. The Balaban J connectivity index is 2.13. The summed E-state index contributed by atoms with van der Waals surface area (Å²) in [5, 5.41) is 9.45. The molecule has 0 saturated carbocycles. The van der Waals surface area contributed by atoms with E-state index in [1.165, 1.54) is 5.57 Å². The molecule has 2 heterocycles. The Kier molecular flexibility index (Phi) is 2.62. The van der Waals surface area contributed by atoms with Crippen molar-refractivity contribution in [1.29, 1.82) is 0 Å². The van der Waals surface area contributed by atoms with Crippen molar-refractivity contribution in [3.8, 4) is 0 Å². The summed E-state index contributed by atoms with van der Waals surface area (Å²) < 4.78 is 12.3. The summed E-state index contributed by atoms with van der Waals surface area (Å²) in [4.78, 5) is 2.27. The van der Waals surface area contributed by atoms with Gasteiger partial charge in [0, 0.05) is 18.1 Å². The van der Waals surface area contributed by atoms with Gasteiger partial charge in [0.15, 0.2) is 0 Å². The number of nitrogens with zero attached hydrogens (tertiary/aromatic N) is 1. The lowest BCUT2D eigenvalue weighted by molar-refractivity contribution is 0.0737. The minimum Gasteiger partial charge on any atom is -0.394 e. The molecule has 0 aromatic rings. The predicted octanol–water partition coefficient (Wildman–Crippen LogP) is 1.50. The van der Waals surface area contributed by atoms with Gasteiger partial charge in [-0.1, -0.05) is 12.2 Å². The van der Waals surface area contributed by atoms with Crippen LogP contribution in [0, 0.1) is 0 Å². The highest BCUT2D eigenvalue weighted by Gasteiger charge is 2.49. The van der Waals surface area contributed by atoms with Gasteiger partial charge >= 0.3 is 0 Å². The van der Waals surface area contributed by atoms with Gasteiger partial charge in [-0.2, -0.15) is 0 Å². The monoisotopic (exact) mass is 199 g/mol. The zero-order chi connectivity index (χ0) is 10.2. The van der Waals surface area contributed by atoms with Crippen molar-refractivity contribution in [2.24, 2.45) is 0 Å². The Labute approximate surface area is 84.4 Å². The molecule has 2 rings (SSSR count). The molecule has 0 radical (unpaired) electrons. The van der Waals surface area contributed by atoms with Crippen LogP contribution in [0.3, 0.4) is 0 Å². The van der Waals surface area contributed by atoms with E-state index in [4.69, 9.17) is 0 Å². The third kappa shape index (κ3) is 1.39. The molecular weight excluding hydrogens is 181 g/mol. The van der Waals surface area contributed by atoms with Crippen LogP contribution in [0.5, 0.6) is 0 Å². The molecular formula is C11H18FNO. The van der Waals surface area contributed by atoms with Crippen molar-refractivity contribution in [3.63, 3.8) is 0 Å². The smallest absolute Gasteiger partial charge is 0.0909 e. The van der Waals surface area contributed by atoms with E-state index < -0.39 is 0 Å². The maximum absolute atomic E-state index is 12.3. The van der Waals surface area contributed by atoms with Gasteiger partial charge in [0.2, 0.25) is 0 Å². The lowest BCUT2D eigenvalue weighted by Gasteiger charge is -2.32. The molecule has 0 aromatic heterocycles. The average Bonchev–Trinajstić information content (AvgIpc) is 2.64. The van der Waals surface area contributed by atoms with Crippen molar-refractivity contribution >= 4 is 0 Å². The Morgan fingerprint density at radius 2 is 2.43 bits per heavy atom. The molecule has 0 spiro atoms. The number of alkyl halides is 1. The van der Waals surface area contributed by atoms with Crippen LogP contribution < -0.4 is 0 Å². The number of rotatable bonds is 3. The van der Waals surface area contributed by atoms with Gasteiger partial charge in [0.25, 0.3) is 0 Å². The second-order valence-corrected chi connectivity index (χ2v) is 4.61. The summed E-state index contributed by atoms with van der Waals surface area (Å²) in [6.45, 7) is 4.76. The van der Waals surface area contributed by atoms with Crippen LogP contribution in [0.4, 0.5) is 4.39 Å². The number of aliphatic hydroxyl groups excluding tert-OH is 1. The number of hydrogen-bond acceptors (Lipinski definition) is 2. The fraction of sp³-hybridized carbons (Fsp3) is 0.818. The van der Waals surface area contributed by atoms with Gasteiger partial charge in [0.05, 0.1) is 13.3 Å². The minimum absolute atomic E-state index is 0.0864. The molecule has 0 aromatic carbocycles. The Hall–Kier alpha value is -0.410. The summed E-state index contributed by atoms with van der Waals surface area (Å²) >= 11 is 0. The van der Waals surface area contributed by atoms with Gasteiger partial charge in [-0.25, -0.2) is 0 Å². The van der Waals surface area contributed by atoms with E-state index in [-0.39, 0.29) is 18.8 Å². The number of fused-ring (bicyclic) bond motifs is 1. The highest BCUT2D eigenvalue weighted by Crippen LogP contribution is 2.44. The summed E-state index contributed by atoms with van der Waals surface area (Å²) in [6.07, 6.45) is 3.52. The van der Waals surface area contributed by atoms with E-state index in [9.17, 15) is 9.50 Å². The van der Waals surface area contributed by atoms with E-state index in [1.54, 1.807) is 0 Å². The van der Waals surface area contributed by atoms with Gasteiger partial charge in [0.1, 0.15) is 0 Å². The maximum Gasteiger partial charge on any atom is 0.0909 e. The van der Waals surface area contributed by atoms with Crippen LogP contribution in [0.15, 0.2) is 12.2 Å². The highest BCUT2D eigenvalue weighted by atomic mass is 19.1. The minimum atomic E-state index is -0.255. The van der Waals surface area contributed by atoms with E-state index in [2.05, 4.69) is 11.5 Å². The van der Waals surface area contributed by atoms with Crippen LogP contribution >= 0.6 is 0 Å². The molecule has 3 heteroatoms. The van der Waals surface area contributed by atoms with Crippen LogP contribution in [-0.4, -0.2) is 41.4 Å². The molecule has 2 fully saturated rings. The highest BCUT2D eigenvalue weighted by molar-refractivity contribution is 5.19. The second-order valence-electron chi connectivity index (χ2n) is 4.61. The molecule has 14 heavy (non-hydrogen) atoms. The molecule has 2 saturated heterocycles. The van der Waals surface area contributed by atoms with Crippen LogP contribution in [0.25, 0.3) is 0 Å². The normalized spacial score (nSPS) is 37.9. The van der Waals surface area contributed by atoms with Gasteiger partial charge in [-0.3, -0.25) is 9.29 Å². The fourth-order valence-corrected chi connectivity index (χ4v) is 3.02. The summed E-state index contributed by atoms with van der Waals surface area (Å²) in [6, 6.07) is 0.325. The van der Waals surface area contributed by atoms with Gasteiger partial charge in [-0.15, -0.1) is 0 Å². The van der Waals surface area contributed by atoms with Crippen LogP contribution in [0.2, 0.25) is 0 Å². The third-order valence-electron chi connectivity index (χ3n) is 3.70. The Morgan fingerprint density at radius 1 is 1.64 bits per heavy atom. The summed E-state index contributed by atoms with van der Waals surface area (Å²) in [5.74, 6) is 0. The van der Waals surface area contributed by atoms with E-state index in [1.807, 2.05) is 0 Å². The van der Waals surface area contributed by atoms with Crippen LogP contribution in [0.1, 0.15) is 25.7 Å². The molecule has 2 unspecified atom stereocenters. The zero-order valence-corrected chi connectivity index (χ0v) is 8.51. The van der Waals surface area contributed by atoms with E-state index >= 15 is 0 Å².